The van der Waals surface area contributed by atoms with Crippen molar-refractivity contribution in [3.05, 3.63) is 21.8 Å². The molecule has 1 unspecified atom stereocenters. The van der Waals surface area contributed by atoms with Gasteiger partial charge in [0, 0.05) is 6.42 Å². The minimum atomic E-state index is -1.79. The molecule has 30 heavy (non-hydrogen) atoms. The smallest absolute Gasteiger partial charge is 0.193 e. The third-order valence-electron chi connectivity index (χ3n) is 9.00. The van der Waals surface area contributed by atoms with E-state index in [0.29, 0.717) is 11.3 Å². The summed E-state index contributed by atoms with van der Waals surface area (Å²) in [4.78, 5) is 0. The van der Waals surface area contributed by atoms with Crippen LogP contribution in [0.2, 0.25) is 18.1 Å². The van der Waals surface area contributed by atoms with Crippen molar-refractivity contribution in [3.63, 3.8) is 0 Å². The van der Waals surface area contributed by atoms with Crippen LogP contribution in [-0.2, 0) is 9.16 Å². The van der Waals surface area contributed by atoms with E-state index in [4.69, 9.17) is 9.16 Å². The molecule has 0 amide bonds. The maximum atomic E-state index is 6.76. The first-order valence-electron chi connectivity index (χ1n) is 12.1. The molecule has 4 heteroatoms. The monoisotopic (exact) mass is 544 g/mol. The standard InChI is InChI=1S/C26H45IO2Si/c1-19(22-11-12-23-20(17-27)10-9-14-26(22,23)6)18-28-21-13-15-25(5,16-21)29-30(7,8)24(2,3)4/h13,15,17,19,21-23H,9-12,14,16,18H2,1-8H3/b20-17+/t19-,21+,22+,23?,25+,26+/m0/s1. The second-order valence-corrected chi connectivity index (χ2v) is 17.7. The van der Waals surface area contributed by atoms with Crippen molar-refractivity contribution in [1.82, 2.24) is 0 Å². The van der Waals surface area contributed by atoms with Crippen LogP contribution in [0.4, 0.5) is 0 Å². The van der Waals surface area contributed by atoms with Gasteiger partial charge in [-0.05, 0) is 84.4 Å². The Morgan fingerprint density at radius 3 is 2.60 bits per heavy atom. The third kappa shape index (κ3) is 4.96. The van der Waals surface area contributed by atoms with E-state index in [1.54, 1.807) is 5.57 Å². The number of ether oxygens (including phenoxy) is 1. The lowest BCUT2D eigenvalue weighted by Crippen LogP contribution is -2.47. The molecule has 2 nitrogen and oxygen atoms in total. The van der Waals surface area contributed by atoms with Crippen molar-refractivity contribution in [3.8, 4) is 0 Å². The molecule has 3 aliphatic rings. The van der Waals surface area contributed by atoms with Gasteiger partial charge >= 0.3 is 0 Å². The van der Waals surface area contributed by atoms with E-state index < -0.39 is 8.32 Å². The van der Waals surface area contributed by atoms with Crippen LogP contribution < -0.4 is 0 Å². The Morgan fingerprint density at radius 1 is 1.27 bits per heavy atom. The van der Waals surface area contributed by atoms with E-state index in [-0.39, 0.29) is 16.7 Å². The summed E-state index contributed by atoms with van der Waals surface area (Å²) in [6.07, 6.45) is 12.5. The Bertz CT molecular complexity index is 679. The van der Waals surface area contributed by atoms with Gasteiger partial charge in [0.05, 0.1) is 18.3 Å². The van der Waals surface area contributed by atoms with Crippen molar-refractivity contribution in [2.45, 2.75) is 110 Å². The summed E-state index contributed by atoms with van der Waals surface area (Å²) in [5.41, 5.74) is 2.02. The lowest BCUT2D eigenvalue weighted by molar-refractivity contribution is -0.00554. The highest BCUT2D eigenvalue weighted by atomic mass is 127. The molecule has 2 saturated carbocycles. The summed E-state index contributed by atoms with van der Waals surface area (Å²) in [7, 11) is -1.79. The number of allylic oxidation sites excluding steroid dienone is 1. The van der Waals surface area contributed by atoms with Crippen molar-refractivity contribution in [2.24, 2.45) is 23.2 Å². The van der Waals surface area contributed by atoms with Crippen molar-refractivity contribution < 1.29 is 9.16 Å². The third-order valence-corrected chi connectivity index (χ3v) is 14.4. The molecule has 0 aromatic carbocycles. The highest BCUT2D eigenvalue weighted by molar-refractivity contribution is 14.1. The highest BCUT2D eigenvalue weighted by Crippen LogP contribution is 2.59. The SMILES string of the molecule is C[C@@H](CO[C@@H]1C=C[C@@](C)(O[Si](C)(C)C(C)(C)C)C1)[C@H]1CCC2/C(=C/I)CCC[C@@]21C. The number of fused-ring (bicyclic) bond motifs is 1. The van der Waals surface area contributed by atoms with Crippen LogP contribution in [0.3, 0.4) is 0 Å². The summed E-state index contributed by atoms with van der Waals surface area (Å²) < 4.78 is 15.6. The van der Waals surface area contributed by atoms with Crippen LogP contribution in [0, 0.1) is 23.2 Å². The Hall–Kier alpha value is 0.347. The first kappa shape index (κ1) is 25.0. The number of halogens is 1. The molecule has 3 rings (SSSR count). The Kier molecular flexibility index (Phi) is 7.45. The average Bonchev–Trinajstić information content (AvgIpc) is 3.17. The lowest BCUT2D eigenvalue weighted by atomic mass is 9.61. The Labute approximate surface area is 200 Å². The molecule has 3 aliphatic carbocycles. The van der Waals surface area contributed by atoms with Crippen LogP contribution in [0.1, 0.15) is 80.1 Å². The zero-order valence-corrected chi connectivity index (χ0v) is 23.8. The van der Waals surface area contributed by atoms with Gasteiger partial charge in [0.1, 0.15) is 0 Å². The molecule has 0 N–H and O–H groups in total. The van der Waals surface area contributed by atoms with Crippen molar-refractivity contribution in [2.75, 3.05) is 6.61 Å². The van der Waals surface area contributed by atoms with E-state index in [9.17, 15) is 0 Å². The molecule has 2 fully saturated rings. The van der Waals surface area contributed by atoms with E-state index in [2.05, 4.69) is 93.5 Å². The molecular formula is C26H45IO2Si. The molecule has 0 aromatic heterocycles. The summed E-state index contributed by atoms with van der Waals surface area (Å²) >= 11 is 2.47. The largest absolute Gasteiger partial charge is 0.408 e. The summed E-state index contributed by atoms with van der Waals surface area (Å²) in [6.45, 7) is 19.8. The summed E-state index contributed by atoms with van der Waals surface area (Å²) in [5.74, 6) is 2.22. The van der Waals surface area contributed by atoms with E-state index in [1.807, 2.05) is 0 Å². The van der Waals surface area contributed by atoms with Gasteiger partial charge < -0.3 is 9.16 Å². The fraction of sp³-hybridized carbons (Fsp3) is 0.846. The van der Waals surface area contributed by atoms with Gasteiger partial charge in [-0.25, -0.2) is 0 Å². The van der Waals surface area contributed by atoms with Gasteiger partial charge in [-0.2, -0.15) is 0 Å². The van der Waals surface area contributed by atoms with Gasteiger partial charge in [0.2, 0.25) is 0 Å². The van der Waals surface area contributed by atoms with Crippen LogP contribution >= 0.6 is 22.6 Å². The van der Waals surface area contributed by atoms with Crippen molar-refractivity contribution >= 4 is 30.9 Å². The quantitative estimate of drug-likeness (QED) is 0.190. The average molecular weight is 545 g/mol. The fourth-order valence-corrected chi connectivity index (χ4v) is 8.68. The zero-order chi connectivity index (χ0) is 22.4. The Balaban J connectivity index is 1.55. The van der Waals surface area contributed by atoms with Crippen LogP contribution in [0.5, 0.6) is 0 Å². The molecule has 0 saturated heterocycles. The number of hydrogen-bond acceptors (Lipinski definition) is 2. The van der Waals surface area contributed by atoms with E-state index in [0.717, 1.165) is 24.9 Å². The maximum absolute atomic E-state index is 6.76. The first-order chi connectivity index (χ1) is 13.8. The topological polar surface area (TPSA) is 18.5 Å². The van der Waals surface area contributed by atoms with Gasteiger partial charge in [-0.1, -0.05) is 74.9 Å². The van der Waals surface area contributed by atoms with Gasteiger partial charge in [0.15, 0.2) is 8.32 Å². The van der Waals surface area contributed by atoms with E-state index in [1.165, 1.54) is 32.1 Å². The fourth-order valence-electron chi connectivity index (χ4n) is 6.31. The first-order valence-corrected chi connectivity index (χ1v) is 16.3. The lowest BCUT2D eigenvalue weighted by Gasteiger charge is -2.44. The van der Waals surface area contributed by atoms with Crippen molar-refractivity contribution in [1.29, 1.82) is 0 Å². The normalized spacial score (nSPS) is 39.5. The van der Waals surface area contributed by atoms with Crippen LogP contribution in [-0.4, -0.2) is 26.6 Å². The minimum Gasteiger partial charge on any atom is -0.408 e. The predicted octanol–water partition coefficient (Wildman–Crippen LogP) is 8.28. The molecule has 172 valence electrons. The molecule has 6 atom stereocenters. The second kappa shape index (κ2) is 8.94. The number of hydrogen-bond donors (Lipinski definition) is 0. The Morgan fingerprint density at radius 2 is 1.97 bits per heavy atom. The maximum Gasteiger partial charge on any atom is 0.193 e. The second-order valence-electron chi connectivity index (χ2n) is 12.4. The molecule has 0 bridgehead atoms. The summed E-state index contributed by atoms with van der Waals surface area (Å²) in [5, 5.41) is 0.233. The van der Waals surface area contributed by atoms with Gasteiger partial charge in [0.25, 0.3) is 0 Å². The van der Waals surface area contributed by atoms with Crippen LogP contribution in [0.25, 0.3) is 0 Å². The molecule has 0 heterocycles. The van der Waals surface area contributed by atoms with Crippen LogP contribution in [0.15, 0.2) is 21.8 Å². The summed E-state index contributed by atoms with van der Waals surface area (Å²) in [6, 6.07) is 0. The highest BCUT2D eigenvalue weighted by Gasteiger charge is 2.51. The predicted molar refractivity (Wildman–Crippen MR) is 140 cm³/mol. The molecule has 0 aromatic rings. The van der Waals surface area contributed by atoms with Gasteiger partial charge in [-0.3, -0.25) is 0 Å². The van der Waals surface area contributed by atoms with E-state index >= 15 is 0 Å². The molecule has 0 spiro atoms. The van der Waals surface area contributed by atoms with Gasteiger partial charge in [-0.15, -0.1) is 0 Å². The zero-order valence-electron chi connectivity index (χ0n) is 20.7. The molecule has 0 radical (unpaired) electrons. The minimum absolute atomic E-state index is 0.176. The number of rotatable bonds is 6. The molecular weight excluding hydrogens is 499 g/mol. The molecule has 0 aliphatic heterocycles.